The predicted octanol–water partition coefficient (Wildman–Crippen LogP) is 24.7. The highest BCUT2D eigenvalue weighted by molar-refractivity contribution is 7.47. The molecule has 10 heteroatoms. The first-order valence-corrected chi connectivity index (χ1v) is 38.7. The summed E-state index contributed by atoms with van der Waals surface area (Å²) in [7, 11) is 1.46. The molecule has 0 amide bonds. The van der Waals surface area contributed by atoms with Crippen molar-refractivity contribution in [3.63, 3.8) is 0 Å². The average molecular weight is 1300 g/mol. The zero-order valence-corrected chi connectivity index (χ0v) is 60.6. The number of phosphoric acid groups is 1. The van der Waals surface area contributed by atoms with E-state index in [1.165, 1.54) is 135 Å². The van der Waals surface area contributed by atoms with Gasteiger partial charge in [-0.25, -0.2) is 4.57 Å². The van der Waals surface area contributed by atoms with Gasteiger partial charge < -0.3 is 18.9 Å². The number of carbonyl (C=O) groups excluding carboxylic acids is 2. The zero-order valence-electron chi connectivity index (χ0n) is 59.7. The number of unbranched alkanes of at least 4 members (excludes halogenated alkanes) is 27. The van der Waals surface area contributed by atoms with E-state index < -0.39 is 26.5 Å². The van der Waals surface area contributed by atoms with Crippen LogP contribution in [0.15, 0.2) is 158 Å². The summed E-state index contributed by atoms with van der Waals surface area (Å²) in [6.45, 7) is 4.21. The fourth-order valence-electron chi connectivity index (χ4n) is 9.94. The Morgan fingerprint density at radius 1 is 0.337 bits per heavy atom. The second-order valence-electron chi connectivity index (χ2n) is 25.6. The molecule has 92 heavy (non-hydrogen) atoms. The third-order valence-corrected chi connectivity index (χ3v) is 16.5. The Morgan fingerprint density at radius 2 is 0.587 bits per heavy atom. The van der Waals surface area contributed by atoms with Crippen molar-refractivity contribution < 1.29 is 42.1 Å². The lowest BCUT2D eigenvalue weighted by Crippen LogP contribution is -2.37. The van der Waals surface area contributed by atoms with Crippen molar-refractivity contribution in [1.29, 1.82) is 0 Å². The van der Waals surface area contributed by atoms with E-state index in [0.29, 0.717) is 17.4 Å². The highest BCUT2D eigenvalue weighted by Crippen LogP contribution is 2.43. The van der Waals surface area contributed by atoms with E-state index in [1.807, 2.05) is 21.1 Å². The first kappa shape index (κ1) is 87.6. The average Bonchev–Trinajstić information content (AvgIpc) is 2.14. The summed E-state index contributed by atoms with van der Waals surface area (Å²) in [6, 6.07) is 0. The van der Waals surface area contributed by atoms with Gasteiger partial charge in [-0.2, -0.15) is 0 Å². The maximum Gasteiger partial charge on any atom is 0.472 e. The van der Waals surface area contributed by atoms with Crippen LogP contribution in [0.25, 0.3) is 0 Å². The SMILES string of the molecule is CC/C=C\C/C=C\C/C=C\C/C=C\C/C=C\C/C=C\C/C=C\CCCCCCCCCCCC(=O)OC(COC(=O)CCCCCCCCCCCCCCCCCCCC/C=C\C/C=C\C/C=C\C/C=C\C/C=C\C/C=C\CC)COP(=O)(O)OCC[N+](C)(C)C. The lowest BCUT2D eigenvalue weighted by molar-refractivity contribution is -0.870. The van der Waals surface area contributed by atoms with Gasteiger partial charge in [0.2, 0.25) is 0 Å². The zero-order chi connectivity index (χ0) is 66.9. The fourth-order valence-corrected chi connectivity index (χ4v) is 10.7. The highest BCUT2D eigenvalue weighted by atomic mass is 31.2. The number of phosphoric ester groups is 1. The maximum atomic E-state index is 12.9. The van der Waals surface area contributed by atoms with Crippen LogP contribution >= 0.6 is 7.82 Å². The molecule has 0 spiro atoms. The monoisotopic (exact) mass is 1300 g/mol. The number of nitrogens with zero attached hydrogens (tertiary/aromatic N) is 1. The molecular formula is C82H139NO8P+. The topological polar surface area (TPSA) is 108 Å². The Balaban J connectivity index is 4.05. The third-order valence-electron chi connectivity index (χ3n) is 15.6. The number of quaternary nitrogens is 1. The van der Waals surface area contributed by atoms with E-state index in [1.54, 1.807) is 0 Å². The van der Waals surface area contributed by atoms with Crippen LogP contribution in [0.5, 0.6) is 0 Å². The summed E-state index contributed by atoms with van der Waals surface area (Å²) in [6.07, 6.45) is 106. The summed E-state index contributed by atoms with van der Waals surface area (Å²) in [5.41, 5.74) is 0. The minimum atomic E-state index is -4.40. The number of hydrogen-bond donors (Lipinski definition) is 1. The smallest absolute Gasteiger partial charge is 0.462 e. The molecule has 0 aromatic carbocycles. The molecule has 0 aromatic rings. The van der Waals surface area contributed by atoms with Crippen molar-refractivity contribution in [2.45, 2.75) is 302 Å². The van der Waals surface area contributed by atoms with E-state index in [0.717, 1.165) is 128 Å². The van der Waals surface area contributed by atoms with E-state index in [4.69, 9.17) is 18.5 Å². The van der Waals surface area contributed by atoms with Gasteiger partial charge in [-0.3, -0.25) is 18.6 Å². The lowest BCUT2D eigenvalue weighted by atomic mass is 10.0. The van der Waals surface area contributed by atoms with Crippen LogP contribution in [-0.2, 0) is 32.7 Å². The van der Waals surface area contributed by atoms with Gasteiger partial charge in [0.1, 0.15) is 19.8 Å². The van der Waals surface area contributed by atoms with Crippen LogP contribution < -0.4 is 0 Å². The fraction of sp³-hybridized carbons (Fsp3) is 0.659. The molecule has 0 saturated heterocycles. The van der Waals surface area contributed by atoms with E-state index >= 15 is 0 Å². The molecule has 0 saturated carbocycles. The van der Waals surface area contributed by atoms with E-state index in [-0.39, 0.29) is 32.0 Å². The molecule has 0 aliphatic rings. The van der Waals surface area contributed by atoms with Gasteiger partial charge in [0.15, 0.2) is 6.10 Å². The number of esters is 2. The number of likely N-dealkylation sites (N-methyl/N-ethyl adjacent to an activating group) is 1. The molecule has 524 valence electrons. The maximum absolute atomic E-state index is 12.9. The molecule has 9 nitrogen and oxygen atoms in total. The Labute approximate surface area is 566 Å². The Hall–Kier alpha value is -4.37. The highest BCUT2D eigenvalue weighted by Gasteiger charge is 2.27. The van der Waals surface area contributed by atoms with Gasteiger partial charge in [0, 0.05) is 12.8 Å². The largest absolute Gasteiger partial charge is 0.472 e. The molecule has 0 aliphatic heterocycles. The van der Waals surface area contributed by atoms with E-state index in [9.17, 15) is 19.0 Å². The van der Waals surface area contributed by atoms with Crippen molar-refractivity contribution in [3.05, 3.63) is 158 Å². The van der Waals surface area contributed by atoms with Crippen LogP contribution in [0.1, 0.15) is 296 Å². The van der Waals surface area contributed by atoms with Crippen LogP contribution in [-0.4, -0.2) is 74.9 Å². The van der Waals surface area contributed by atoms with Gasteiger partial charge >= 0.3 is 19.8 Å². The molecule has 1 N–H and O–H groups in total. The molecule has 0 fully saturated rings. The second-order valence-corrected chi connectivity index (χ2v) is 27.0. The van der Waals surface area contributed by atoms with Crippen molar-refractivity contribution in [2.24, 2.45) is 0 Å². The number of allylic oxidation sites excluding steroid dienone is 26. The first-order valence-electron chi connectivity index (χ1n) is 37.2. The number of hydrogen-bond acceptors (Lipinski definition) is 7. The number of carbonyl (C=O) groups is 2. The second kappa shape index (κ2) is 70.9. The van der Waals surface area contributed by atoms with Crippen LogP contribution in [0, 0.1) is 0 Å². The summed E-state index contributed by atoms with van der Waals surface area (Å²) in [5, 5.41) is 0. The first-order chi connectivity index (χ1) is 45.0. The normalized spacial score (nSPS) is 14.0. The molecule has 0 rings (SSSR count). The summed E-state index contributed by atoms with van der Waals surface area (Å²) < 4.78 is 34.8. The van der Waals surface area contributed by atoms with Gasteiger partial charge in [0.25, 0.3) is 0 Å². The molecule has 2 atom stereocenters. The number of ether oxygens (including phenoxy) is 2. The van der Waals surface area contributed by atoms with Crippen LogP contribution in [0.2, 0.25) is 0 Å². The quantitative estimate of drug-likeness (QED) is 0.0211. The Kier molecular flexibility index (Phi) is 67.6. The van der Waals surface area contributed by atoms with E-state index in [2.05, 4.69) is 172 Å². The Bertz CT molecular complexity index is 2110. The predicted molar refractivity (Wildman–Crippen MR) is 399 cm³/mol. The lowest BCUT2D eigenvalue weighted by Gasteiger charge is -2.24. The van der Waals surface area contributed by atoms with Crippen molar-refractivity contribution in [3.8, 4) is 0 Å². The summed E-state index contributed by atoms with van der Waals surface area (Å²) >= 11 is 0. The van der Waals surface area contributed by atoms with Gasteiger partial charge in [-0.15, -0.1) is 0 Å². The molecule has 0 aliphatic carbocycles. The Morgan fingerprint density at radius 3 is 0.870 bits per heavy atom. The molecule has 0 bridgehead atoms. The standard InChI is InChI=1S/C82H138NO8P/c1-6-8-10-12-14-16-18-20-22-24-26-28-30-32-34-36-38-39-40-41-42-43-45-46-48-50-52-54-56-58-60-62-64-66-68-70-72-74-81(84)88-78-80(79-90-92(86,87)89-77-76-83(3,4)5)91-82(85)75-73-71-69-67-65-63-61-59-57-55-53-51-49-47-44-37-35-33-31-29-27-25-23-21-19-17-15-13-11-9-7-2/h8-11,14-17,20-23,26-29,32-35,38-39,44,47,51,53,80H,6-7,12-13,18-19,24-25,30-31,36-37,40-43,45-46,48-50,52,54-79H2,1-5H3/p+1/b10-8-,11-9-,16-14-,17-15-,22-20-,23-21-,28-26-,29-27-,34-32-,35-33-,39-38-,47-44-,53-51-. The molecule has 0 aromatic heterocycles. The summed E-state index contributed by atoms with van der Waals surface area (Å²) in [5.74, 6) is -0.804. The number of rotatable bonds is 67. The van der Waals surface area contributed by atoms with Gasteiger partial charge in [-0.05, 0) is 122 Å². The minimum absolute atomic E-state index is 0.0243. The van der Waals surface area contributed by atoms with Crippen LogP contribution in [0.3, 0.4) is 0 Å². The molecule has 2 unspecified atom stereocenters. The minimum Gasteiger partial charge on any atom is -0.462 e. The van der Waals surface area contributed by atoms with Crippen molar-refractivity contribution in [2.75, 3.05) is 47.5 Å². The van der Waals surface area contributed by atoms with Crippen LogP contribution in [0.4, 0.5) is 0 Å². The molecule has 0 heterocycles. The van der Waals surface area contributed by atoms with Crippen molar-refractivity contribution in [1.82, 2.24) is 0 Å². The van der Waals surface area contributed by atoms with Crippen molar-refractivity contribution >= 4 is 19.8 Å². The molecule has 0 radical (unpaired) electrons. The molecular weight excluding hydrogens is 1160 g/mol. The van der Waals surface area contributed by atoms with Gasteiger partial charge in [0.05, 0.1) is 27.7 Å². The third kappa shape index (κ3) is 74.7. The van der Waals surface area contributed by atoms with Gasteiger partial charge in [-0.1, -0.05) is 320 Å². The summed E-state index contributed by atoms with van der Waals surface area (Å²) in [4.78, 5) is 35.9.